The molecule has 2 rings (SSSR count). The van der Waals surface area contributed by atoms with Crippen molar-refractivity contribution in [2.45, 2.75) is 19.8 Å². The first-order valence-corrected chi connectivity index (χ1v) is 6.79. The van der Waals surface area contributed by atoms with Crippen molar-refractivity contribution >= 4 is 11.6 Å². The predicted octanol–water partition coefficient (Wildman–Crippen LogP) is 3.10. The summed E-state index contributed by atoms with van der Waals surface area (Å²) >= 11 is 0. The minimum Gasteiger partial charge on any atom is -0.289 e. The Kier molecular flexibility index (Phi) is 4.77. The number of nitrogens with zero attached hydrogens (tertiary/aromatic N) is 1. The molecule has 0 spiro atoms. The van der Waals surface area contributed by atoms with Crippen LogP contribution in [0.15, 0.2) is 54.6 Å². The molecule has 0 radical (unpaired) electrons. The van der Waals surface area contributed by atoms with E-state index < -0.39 is 0 Å². The molecule has 1 amide bonds. The van der Waals surface area contributed by atoms with Crippen molar-refractivity contribution in [3.8, 4) is 0 Å². The summed E-state index contributed by atoms with van der Waals surface area (Å²) in [4.78, 5) is 11.9. The second kappa shape index (κ2) is 6.75. The van der Waals surface area contributed by atoms with Crippen LogP contribution in [-0.4, -0.2) is 13.0 Å². The molecule has 0 unspecified atom stereocenters. The monoisotopic (exact) mass is 268 g/mol. The van der Waals surface area contributed by atoms with Crippen molar-refractivity contribution in [3.63, 3.8) is 0 Å². The number of rotatable bonds is 5. The molecule has 0 aromatic heterocycles. The van der Waals surface area contributed by atoms with E-state index in [1.807, 2.05) is 43.4 Å². The number of anilines is 1. The Bertz CT molecular complexity index is 566. The molecule has 2 aromatic rings. The van der Waals surface area contributed by atoms with Crippen LogP contribution >= 0.6 is 0 Å². The topological polar surface area (TPSA) is 32.3 Å². The normalized spacial score (nSPS) is 10.1. The number of hydrazine groups is 1. The molecule has 104 valence electrons. The van der Waals surface area contributed by atoms with Gasteiger partial charge in [-0.1, -0.05) is 48.0 Å². The van der Waals surface area contributed by atoms with E-state index >= 15 is 0 Å². The average Bonchev–Trinajstić information content (AvgIpc) is 2.46. The number of nitrogens with one attached hydrogen (secondary N) is 1. The SMILES string of the molecule is Cc1cccc(CCC(=O)NN(C)c2ccccc2)c1. The van der Waals surface area contributed by atoms with E-state index in [2.05, 4.69) is 30.5 Å². The molecule has 0 aliphatic rings. The van der Waals surface area contributed by atoms with Gasteiger partial charge in [0.05, 0.1) is 5.69 Å². The summed E-state index contributed by atoms with van der Waals surface area (Å²) in [6, 6.07) is 18.0. The number of aryl methyl sites for hydroxylation is 2. The first-order chi connectivity index (χ1) is 9.65. The van der Waals surface area contributed by atoms with Crippen LogP contribution in [0.4, 0.5) is 5.69 Å². The molecular formula is C17H20N2O. The summed E-state index contributed by atoms with van der Waals surface area (Å²) in [7, 11) is 1.85. The predicted molar refractivity (Wildman–Crippen MR) is 82.5 cm³/mol. The fourth-order valence-corrected chi connectivity index (χ4v) is 2.08. The number of benzene rings is 2. The Balaban J connectivity index is 1.84. The van der Waals surface area contributed by atoms with Crippen LogP contribution in [0.2, 0.25) is 0 Å². The average molecular weight is 268 g/mol. The van der Waals surface area contributed by atoms with Crippen molar-refractivity contribution < 1.29 is 4.79 Å². The van der Waals surface area contributed by atoms with E-state index in [1.165, 1.54) is 11.1 Å². The highest BCUT2D eigenvalue weighted by atomic mass is 16.2. The first kappa shape index (κ1) is 14.1. The Morgan fingerprint density at radius 3 is 2.55 bits per heavy atom. The molecule has 3 heteroatoms. The Hall–Kier alpha value is -2.29. The van der Waals surface area contributed by atoms with Crippen LogP contribution in [0.5, 0.6) is 0 Å². The Labute approximate surface area is 120 Å². The summed E-state index contributed by atoms with van der Waals surface area (Å²) in [5.41, 5.74) is 6.27. The zero-order chi connectivity index (χ0) is 14.4. The summed E-state index contributed by atoms with van der Waals surface area (Å²) in [6.45, 7) is 2.06. The fourth-order valence-electron chi connectivity index (χ4n) is 2.08. The molecular weight excluding hydrogens is 248 g/mol. The van der Waals surface area contributed by atoms with Gasteiger partial charge in [0.1, 0.15) is 0 Å². The lowest BCUT2D eigenvalue weighted by Gasteiger charge is -2.20. The molecule has 0 aliphatic carbocycles. The lowest BCUT2D eigenvalue weighted by atomic mass is 10.1. The van der Waals surface area contributed by atoms with Gasteiger partial charge in [0.2, 0.25) is 5.91 Å². The molecule has 0 heterocycles. The van der Waals surface area contributed by atoms with E-state index in [1.54, 1.807) is 5.01 Å². The van der Waals surface area contributed by atoms with Gasteiger partial charge in [-0.15, -0.1) is 0 Å². The molecule has 0 saturated heterocycles. The third-order valence-electron chi connectivity index (χ3n) is 3.16. The number of carbonyl (C=O) groups is 1. The van der Waals surface area contributed by atoms with E-state index in [0.29, 0.717) is 6.42 Å². The molecule has 2 aromatic carbocycles. The minimum atomic E-state index is 0.0258. The van der Waals surface area contributed by atoms with Crippen molar-refractivity contribution in [1.82, 2.24) is 5.43 Å². The lowest BCUT2D eigenvalue weighted by molar-refractivity contribution is -0.121. The quantitative estimate of drug-likeness (QED) is 0.845. The third-order valence-corrected chi connectivity index (χ3v) is 3.16. The van der Waals surface area contributed by atoms with E-state index in [9.17, 15) is 4.79 Å². The smallest absolute Gasteiger partial charge is 0.238 e. The van der Waals surface area contributed by atoms with Crippen molar-refractivity contribution in [2.75, 3.05) is 12.1 Å². The Morgan fingerprint density at radius 2 is 1.85 bits per heavy atom. The fraction of sp³-hybridized carbons (Fsp3) is 0.235. The van der Waals surface area contributed by atoms with Crippen LogP contribution in [0, 0.1) is 6.92 Å². The highest BCUT2D eigenvalue weighted by Gasteiger charge is 2.06. The third kappa shape index (κ3) is 4.12. The molecule has 0 fully saturated rings. The van der Waals surface area contributed by atoms with E-state index in [-0.39, 0.29) is 5.91 Å². The van der Waals surface area contributed by atoms with E-state index in [0.717, 1.165) is 12.1 Å². The number of amides is 1. The summed E-state index contributed by atoms with van der Waals surface area (Å²) < 4.78 is 0. The second-order valence-electron chi connectivity index (χ2n) is 4.92. The molecule has 0 bridgehead atoms. The van der Waals surface area contributed by atoms with Gasteiger partial charge in [-0.25, -0.2) is 0 Å². The molecule has 20 heavy (non-hydrogen) atoms. The van der Waals surface area contributed by atoms with Crippen LogP contribution in [0.1, 0.15) is 17.5 Å². The standard InChI is InChI=1S/C17H20N2O/c1-14-7-6-8-15(13-14)11-12-17(20)18-19(2)16-9-4-3-5-10-16/h3-10,13H,11-12H2,1-2H3,(H,18,20). The number of carbonyl (C=O) groups excluding carboxylic acids is 1. The zero-order valence-electron chi connectivity index (χ0n) is 12.0. The maximum atomic E-state index is 11.9. The van der Waals surface area contributed by atoms with Gasteiger partial charge in [0.15, 0.2) is 0 Å². The van der Waals surface area contributed by atoms with Crippen molar-refractivity contribution in [1.29, 1.82) is 0 Å². The van der Waals surface area contributed by atoms with E-state index in [4.69, 9.17) is 0 Å². The maximum absolute atomic E-state index is 11.9. The zero-order valence-corrected chi connectivity index (χ0v) is 12.0. The number of hydrogen-bond donors (Lipinski definition) is 1. The summed E-state index contributed by atoms with van der Waals surface area (Å²) in [6.07, 6.45) is 1.25. The van der Waals surface area contributed by atoms with Gasteiger partial charge in [-0.2, -0.15) is 0 Å². The number of hydrogen-bond acceptors (Lipinski definition) is 2. The lowest BCUT2D eigenvalue weighted by Crippen LogP contribution is -2.39. The van der Waals surface area contributed by atoms with Gasteiger partial charge in [0, 0.05) is 13.5 Å². The highest BCUT2D eigenvalue weighted by molar-refractivity contribution is 5.78. The van der Waals surface area contributed by atoms with Gasteiger partial charge in [-0.05, 0) is 31.0 Å². The van der Waals surface area contributed by atoms with Gasteiger partial charge in [0.25, 0.3) is 0 Å². The first-order valence-electron chi connectivity index (χ1n) is 6.79. The molecule has 1 N–H and O–H groups in total. The number of para-hydroxylation sites is 1. The molecule has 0 aliphatic heterocycles. The van der Waals surface area contributed by atoms with Gasteiger partial charge in [-0.3, -0.25) is 15.2 Å². The molecule has 3 nitrogen and oxygen atoms in total. The van der Waals surface area contributed by atoms with Crippen LogP contribution < -0.4 is 10.4 Å². The van der Waals surface area contributed by atoms with Gasteiger partial charge >= 0.3 is 0 Å². The van der Waals surface area contributed by atoms with Crippen molar-refractivity contribution in [2.24, 2.45) is 0 Å². The van der Waals surface area contributed by atoms with Crippen molar-refractivity contribution in [3.05, 3.63) is 65.7 Å². The summed E-state index contributed by atoms with van der Waals surface area (Å²) in [5, 5.41) is 1.75. The largest absolute Gasteiger partial charge is 0.289 e. The maximum Gasteiger partial charge on any atom is 0.238 e. The minimum absolute atomic E-state index is 0.0258. The molecule has 0 saturated carbocycles. The Morgan fingerprint density at radius 1 is 1.10 bits per heavy atom. The van der Waals surface area contributed by atoms with Crippen LogP contribution in [0.3, 0.4) is 0 Å². The van der Waals surface area contributed by atoms with Crippen LogP contribution in [-0.2, 0) is 11.2 Å². The van der Waals surface area contributed by atoms with Gasteiger partial charge < -0.3 is 0 Å². The second-order valence-corrected chi connectivity index (χ2v) is 4.92. The highest BCUT2D eigenvalue weighted by Crippen LogP contribution is 2.09. The molecule has 0 atom stereocenters. The summed E-state index contributed by atoms with van der Waals surface area (Å²) in [5.74, 6) is 0.0258. The van der Waals surface area contributed by atoms with Crippen LogP contribution in [0.25, 0.3) is 0 Å².